The third-order valence-corrected chi connectivity index (χ3v) is 5.29. The van der Waals surface area contributed by atoms with Crippen molar-refractivity contribution < 1.29 is 14.9 Å². The minimum Gasteiger partial charge on any atom is -0.394 e. The van der Waals surface area contributed by atoms with E-state index in [1.54, 1.807) is 0 Å². The first-order valence-corrected chi connectivity index (χ1v) is 6.52. The Balaban J connectivity index is 2.23. The van der Waals surface area contributed by atoms with Gasteiger partial charge < -0.3 is 14.9 Å². The minimum absolute atomic E-state index is 0.00289. The van der Waals surface area contributed by atoms with E-state index in [0.717, 1.165) is 18.8 Å². The second-order valence-electron chi connectivity index (χ2n) is 6.00. The van der Waals surface area contributed by atoms with Crippen LogP contribution in [0.1, 0.15) is 33.1 Å². The van der Waals surface area contributed by atoms with Gasteiger partial charge in [0.15, 0.2) is 0 Å². The minimum atomic E-state index is -0.214. The van der Waals surface area contributed by atoms with Crippen molar-refractivity contribution >= 4 is 0 Å². The van der Waals surface area contributed by atoms with Crippen molar-refractivity contribution in [1.82, 2.24) is 0 Å². The Morgan fingerprint density at radius 2 is 2.18 bits per heavy atom. The highest BCUT2D eigenvalue weighted by Crippen LogP contribution is 2.71. The van der Waals surface area contributed by atoms with Crippen molar-refractivity contribution in [2.75, 3.05) is 19.8 Å². The van der Waals surface area contributed by atoms with E-state index in [2.05, 4.69) is 20.4 Å². The molecule has 3 fully saturated rings. The summed E-state index contributed by atoms with van der Waals surface area (Å²) in [4.78, 5) is 0. The van der Waals surface area contributed by atoms with Crippen molar-refractivity contribution in [3.8, 4) is 0 Å². The lowest BCUT2D eigenvalue weighted by molar-refractivity contribution is -0.209. The fourth-order valence-corrected chi connectivity index (χ4v) is 4.09. The molecule has 3 aliphatic rings. The third kappa shape index (κ3) is 1.60. The van der Waals surface area contributed by atoms with Gasteiger partial charge in [-0.15, -0.1) is 0 Å². The fraction of sp³-hybridized carbons (Fsp3) is 0.857. The van der Waals surface area contributed by atoms with Gasteiger partial charge in [0.25, 0.3) is 0 Å². The number of hydrogen-bond donors (Lipinski definition) is 2. The zero-order valence-electron chi connectivity index (χ0n) is 10.9. The molecule has 0 saturated heterocycles. The molecular formula is C14H24O3. The van der Waals surface area contributed by atoms with E-state index >= 15 is 0 Å². The van der Waals surface area contributed by atoms with Gasteiger partial charge in [0.05, 0.1) is 25.9 Å². The largest absolute Gasteiger partial charge is 0.394 e. The molecule has 0 spiro atoms. The molecule has 17 heavy (non-hydrogen) atoms. The van der Waals surface area contributed by atoms with Crippen molar-refractivity contribution in [3.05, 3.63) is 12.2 Å². The van der Waals surface area contributed by atoms with Gasteiger partial charge in [-0.25, -0.2) is 0 Å². The van der Waals surface area contributed by atoms with Crippen LogP contribution in [-0.4, -0.2) is 36.1 Å². The first-order valence-electron chi connectivity index (χ1n) is 6.52. The number of aliphatic hydroxyl groups excluding tert-OH is 2. The van der Waals surface area contributed by atoms with Gasteiger partial charge in [-0.1, -0.05) is 26.0 Å². The van der Waals surface area contributed by atoms with E-state index in [1.165, 1.54) is 12.0 Å². The molecule has 0 radical (unpaired) electrons. The van der Waals surface area contributed by atoms with E-state index in [1.807, 2.05) is 0 Å². The van der Waals surface area contributed by atoms with Crippen molar-refractivity contribution in [2.24, 2.45) is 16.7 Å². The van der Waals surface area contributed by atoms with E-state index in [-0.39, 0.29) is 30.1 Å². The Morgan fingerprint density at radius 3 is 2.65 bits per heavy atom. The second-order valence-corrected chi connectivity index (χ2v) is 6.00. The maximum atomic E-state index is 9.60. The predicted molar refractivity (Wildman–Crippen MR) is 66.6 cm³/mol. The van der Waals surface area contributed by atoms with Crippen LogP contribution < -0.4 is 0 Å². The van der Waals surface area contributed by atoms with Crippen LogP contribution in [0.25, 0.3) is 0 Å². The molecule has 0 aliphatic heterocycles. The van der Waals surface area contributed by atoms with Crippen molar-refractivity contribution in [2.45, 2.75) is 39.2 Å². The average Bonchev–Trinajstić information content (AvgIpc) is 2.31. The Hall–Kier alpha value is -0.380. The summed E-state index contributed by atoms with van der Waals surface area (Å²) in [5.41, 5.74) is 1.30. The summed E-state index contributed by atoms with van der Waals surface area (Å²) in [7, 11) is 0. The van der Waals surface area contributed by atoms with Gasteiger partial charge in [0, 0.05) is 5.41 Å². The zero-order chi connectivity index (χ0) is 12.7. The van der Waals surface area contributed by atoms with Crippen LogP contribution in [0.15, 0.2) is 12.2 Å². The standard InChI is InChI=1S/C14H24O3/c1-10-4-5-11-8-14(10,13(11,2)3)12(9-16)17-7-6-15/h11-12,15-16H,1,4-9H2,2-3H3. The molecule has 0 heterocycles. The van der Waals surface area contributed by atoms with Gasteiger partial charge in [0.1, 0.15) is 0 Å². The summed E-state index contributed by atoms with van der Waals surface area (Å²) in [6.07, 6.45) is 3.13. The molecule has 98 valence electrons. The molecule has 0 aromatic rings. The van der Waals surface area contributed by atoms with Crippen LogP contribution in [0, 0.1) is 16.7 Å². The molecule has 3 nitrogen and oxygen atoms in total. The zero-order valence-corrected chi connectivity index (χ0v) is 10.9. The lowest BCUT2D eigenvalue weighted by atomic mass is 9.37. The number of rotatable bonds is 5. The van der Waals surface area contributed by atoms with Gasteiger partial charge in [0.2, 0.25) is 0 Å². The second kappa shape index (κ2) is 4.38. The van der Waals surface area contributed by atoms with Gasteiger partial charge >= 0.3 is 0 Å². The molecule has 3 unspecified atom stereocenters. The van der Waals surface area contributed by atoms with Crippen molar-refractivity contribution in [3.63, 3.8) is 0 Å². The van der Waals surface area contributed by atoms with Gasteiger partial charge in [-0.05, 0) is 30.6 Å². The summed E-state index contributed by atoms with van der Waals surface area (Å²) in [5, 5.41) is 18.5. The molecule has 3 atom stereocenters. The Morgan fingerprint density at radius 1 is 1.47 bits per heavy atom. The molecule has 3 aliphatic carbocycles. The third-order valence-electron chi connectivity index (χ3n) is 5.29. The smallest absolute Gasteiger partial charge is 0.0905 e. The molecule has 2 bridgehead atoms. The van der Waals surface area contributed by atoms with Gasteiger partial charge in [-0.2, -0.15) is 0 Å². The topological polar surface area (TPSA) is 49.7 Å². The van der Waals surface area contributed by atoms with Crippen molar-refractivity contribution in [1.29, 1.82) is 0 Å². The number of fused-ring (bicyclic) bond motifs is 2. The molecular weight excluding hydrogens is 216 g/mol. The highest BCUT2D eigenvalue weighted by atomic mass is 16.5. The molecule has 0 amide bonds. The van der Waals surface area contributed by atoms with Crippen LogP contribution in [0.5, 0.6) is 0 Å². The monoisotopic (exact) mass is 240 g/mol. The normalized spacial score (nSPS) is 36.5. The molecule has 3 saturated carbocycles. The fourth-order valence-electron chi connectivity index (χ4n) is 4.09. The Bertz CT molecular complexity index is 311. The predicted octanol–water partition coefficient (Wildman–Crippen LogP) is 1.74. The lowest BCUT2D eigenvalue weighted by Crippen LogP contribution is -2.65. The summed E-state index contributed by atoms with van der Waals surface area (Å²) in [5.74, 6) is 0.722. The first kappa shape index (κ1) is 13.1. The maximum Gasteiger partial charge on any atom is 0.0905 e. The Kier molecular flexibility index (Phi) is 3.36. The molecule has 3 heteroatoms. The highest BCUT2D eigenvalue weighted by Gasteiger charge is 2.66. The lowest BCUT2D eigenvalue weighted by Gasteiger charge is -2.68. The molecule has 0 aromatic heterocycles. The SMILES string of the molecule is C=C1CCC2CC1(C(CO)OCCO)C2(C)C. The summed E-state index contributed by atoms with van der Waals surface area (Å²) < 4.78 is 5.67. The van der Waals surface area contributed by atoms with E-state index in [9.17, 15) is 5.11 Å². The number of aliphatic hydroxyl groups is 2. The summed E-state index contributed by atoms with van der Waals surface area (Å²) in [6, 6.07) is 0. The molecule has 0 aromatic carbocycles. The molecule has 2 N–H and O–H groups in total. The van der Waals surface area contributed by atoms with E-state index < -0.39 is 0 Å². The number of hydrogen-bond acceptors (Lipinski definition) is 3. The highest BCUT2D eigenvalue weighted by molar-refractivity contribution is 5.30. The van der Waals surface area contributed by atoms with Gasteiger partial charge in [-0.3, -0.25) is 0 Å². The van der Waals surface area contributed by atoms with Crippen LogP contribution in [0.2, 0.25) is 0 Å². The van der Waals surface area contributed by atoms with Crippen LogP contribution in [0.4, 0.5) is 0 Å². The van der Waals surface area contributed by atoms with Crippen LogP contribution in [-0.2, 0) is 4.74 Å². The van der Waals surface area contributed by atoms with Crippen LogP contribution in [0.3, 0.4) is 0 Å². The quantitative estimate of drug-likeness (QED) is 0.720. The maximum absolute atomic E-state index is 9.60. The molecule has 3 rings (SSSR count). The first-order chi connectivity index (χ1) is 8.00. The Labute approximate surface area is 103 Å². The average molecular weight is 240 g/mol. The van der Waals surface area contributed by atoms with Crippen LogP contribution >= 0.6 is 0 Å². The summed E-state index contributed by atoms with van der Waals surface area (Å²) in [6.45, 7) is 9.05. The number of ether oxygens (including phenoxy) is 1. The van der Waals surface area contributed by atoms with E-state index in [0.29, 0.717) is 6.61 Å². The van der Waals surface area contributed by atoms with E-state index in [4.69, 9.17) is 9.84 Å². The summed E-state index contributed by atoms with van der Waals surface area (Å²) >= 11 is 0.